The number of carbonyl (C=O) groups is 1. The molecule has 0 aromatic heterocycles. The molecule has 3 heteroatoms. The molecule has 0 radical (unpaired) electrons. The van der Waals surface area contributed by atoms with Gasteiger partial charge in [-0.1, -0.05) is 0 Å². The standard InChI is InChI=1S/C10H17NOS/c12-10(11-8-3-4-8)7-1-5-9(13)6-2-7/h7-9,13H,1-6H2,(H,11,12). The summed E-state index contributed by atoms with van der Waals surface area (Å²) >= 11 is 4.42. The van der Waals surface area contributed by atoms with E-state index in [0.717, 1.165) is 25.7 Å². The molecule has 2 rings (SSSR count). The zero-order chi connectivity index (χ0) is 9.26. The molecule has 74 valence electrons. The van der Waals surface area contributed by atoms with Crippen LogP contribution in [-0.4, -0.2) is 17.2 Å². The number of carbonyl (C=O) groups excluding carboxylic acids is 1. The van der Waals surface area contributed by atoms with Crippen molar-refractivity contribution in [3.63, 3.8) is 0 Å². The van der Waals surface area contributed by atoms with Gasteiger partial charge in [0.25, 0.3) is 0 Å². The van der Waals surface area contributed by atoms with Gasteiger partial charge in [-0.3, -0.25) is 4.79 Å². The maximum Gasteiger partial charge on any atom is 0.223 e. The van der Waals surface area contributed by atoms with Crippen LogP contribution in [0.1, 0.15) is 38.5 Å². The maximum absolute atomic E-state index is 11.6. The molecule has 0 spiro atoms. The first kappa shape index (κ1) is 9.38. The molecule has 0 atom stereocenters. The van der Waals surface area contributed by atoms with Gasteiger partial charge in [0.05, 0.1) is 0 Å². The topological polar surface area (TPSA) is 29.1 Å². The zero-order valence-corrected chi connectivity index (χ0v) is 8.72. The van der Waals surface area contributed by atoms with Crippen molar-refractivity contribution in [2.75, 3.05) is 0 Å². The highest BCUT2D eigenvalue weighted by Gasteiger charge is 2.29. The van der Waals surface area contributed by atoms with E-state index in [0.29, 0.717) is 17.2 Å². The summed E-state index contributed by atoms with van der Waals surface area (Å²) in [6.07, 6.45) is 6.65. The molecule has 0 bridgehead atoms. The van der Waals surface area contributed by atoms with Crippen molar-refractivity contribution in [1.29, 1.82) is 0 Å². The van der Waals surface area contributed by atoms with E-state index >= 15 is 0 Å². The van der Waals surface area contributed by atoms with Crippen molar-refractivity contribution in [2.45, 2.75) is 49.8 Å². The third kappa shape index (κ3) is 2.63. The van der Waals surface area contributed by atoms with Crippen molar-refractivity contribution >= 4 is 18.5 Å². The second-order valence-electron chi connectivity index (χ2n) is 4.29. The molecule has 0 unspecified atom stereocenters. The van der Waals surface area contributed by atoms with Gasteiger partial charge in [0.15, 0.2) is 0 Å². The minimum Gasteiger partial charge on any atom is -0.353 e. The Morgan fingerprint density at radius 1 is 1.08 bits per heavy atom. The lowest BCUT2D eigenvalue weighted by Crippen LogP contribution is -2.34. The van der Waals surface area contributed by atoms with Crippen molar-refractivity contribution in [3.8, 4) is 0 Å². The largest absolute Gasteiger partial charge is 0.353 e. The van der Waals surface area contributed by atoms with E-state index in [-0.39, 0.29) is 5.92 Å². The normalized spacial score (nSPS) is 34.2. The van der Waals surface area contributed by atoms with Crippen molar-refractivity contribution < 1.29 is 4.79 Å². The van der Waals surface area contributed by atoms with E-state index in [4.69, 9.17) is 0 Å². The Labute approximate surface area is 84.9 Å². The van der Waals surface area contributed by atoms with E-state index in [2.05, 4.69) is 17.9 Å². The van der Waals surface area contributed by atoms with E-state index in [1.807, 2.05) is 0 Å². The fourth-order valence-corrected chi connectivity index (χ4v) is 2.18. The molecule has 2 saturated carbocycles. The lowest BCUT2D eigenvalue weighted by Gasteiger charge is -2.24. The molecule has 1 N–H and O–H groups in total. The van der Waals surface area contributed by atoms with Gasteiger partial charge < -0.3 is 5.32 Å². The van der Waals surface area contributed by atoms with Gasteiger partial charge >= 0.3 is 0 Å². The first-order valence-corrected chi connectivity index (χ1v) is 5.76. The molecule has 1 amide bonds. The second kappa shape index (κ2) is 3.91. The number of nitrogens with one attached hydrogen (secondary N) is 1. The Morgan fingerprint density at radius 2 is 1.69 bits per heavy atom. The summed E-state index contributed by atoms with van der Waals surface area (Å²) in [7, 11) is 0. The summed E-state index contributed by atoms with van der Waals surface area (Å²) < 4.78 is 0. The minimum atomic E-state index is 0.281. The average Bonchev–Trinajstić information content (AvgIpc) is 2.89. The van der Waals surface area contributed by atoms with Crippen LogP contribution in [0, 0.1) is 5.92 Å². The summed E-state index contributed by atoms with van der Waals surface area (Å²) in [5.74, 6) is 0.576. The molecule has 2 aliphatic carbocycles. The van der Waals surface area contributed by atoms with Crippen LogP contribution < -0.4 is 5.32 Å². The van der Waals surface area contributed by atoms with Gasteiger partial charge in [0.2, 0.25) is 5.91 Å². The van der Waals surface area contributed by atoms with Gasteiger partial charge in [-0.2, -0.15) is 12.6 Å². The molecule has 2 nitrogen and oxygen atoms in total. The first-order chi connectivity index (χ1) is 6.25. The molecule has 0 saturated heterocycles. The van der Waals surface area contributed by atoms with Crippen molar-refractivity contribution in [3.05, 3.63) is 0 Å². The summed E-state index contributed by atoms with van der Waals surface area (Å²) in [6, 6.07) is 0.515. The fourth-order valence-electron chi connectivity index (χ4n) is 1.88. The molecule has 2 aliphatic rings. The monoisotopic (exact) mass is 199 g/mol. The van der Waals surface area contributed by atoms with Crippen LogP contribution in [0.3, 0.4) is 0 Å². The van der Waals surface area contributed by atoms with E-state index in [1.54, 1.807) is 0 Å². The quantitative estimate of drug-likeness (QED) is 0.652. The number of hydrogen-bond donors (Lipinski definition) is 2. The van der Waals surface area contributed by atoms with Gasteiger partial charge in [0, 0.05) is 17.2 Å². The molecule has 0 heterocycles. The summed E-state index contributed by atoms with van der Waals surface area (Å²) in [5.41, 5.74) is 0. The fraction of sp³-hybridized carbons (Fsp3) is 0.900. The Kier molecular flexibility index (Phi) is 2.82. The molecular weight excluding hydrogens is 182 g/mol. The van der Waals surface area contributed by atoms with Crippen LogP contribution in [-0.2, 0) is 4.79 Å². The van der Waals surface area contributed by atoms with E-state index < -0.39 is 0 Å². The van der Waals surface area contributed by atoms with Crippen LogP contribution >= 0.6 is 12.6 Å². The number of rotatable bonds is 2. The van der Waals surface area contributed by atoms with Gasteiger partial charge in [-0.15, -0.1) is 0 Å². The molecular formula is C10H17NOS. The average molecular weight is 199 g/mol. The maximum atomic E-state index is 11.6. The summed E-state index contributed by atoms with van der Waals surface area (Å²) in [4.78, 5) is 11.6. The Morgan fingerprint density at radius 3 is 2.23 bits per heavy atom. The Balaban J connectivity index is 1.75. The third-order valence-electron chi connectivity index (χ3n) is 2.99. The van der Waals surface area contributed by atoms with Crippen molar-refractivity contribution in [2.24, 2.45) is 5.92 Å². The summed E-state index contributed by atoms with van der Waals surface area (Å²) in [5, 5.41) is 3.61. The van der Waals surface area contributed by atoms with Crippen LogP contribution in [0.4, 0.5) is 0 Å². The molecule has 0 aromatic carbocycles. The van der Waals surface area contributed by atoms with Crippen LogP contribution in [0.15, 0.2) is 0 Å². The number of hydrogen-bond acceptors (Lipinski definition) is 2. The molecule has 13 heavy (non-hydrogen) atoms. The van der Waals surface area contributed by atoms with Gasteiger partial charge in [-0.25, -0.2) is 0 Å². The minimum absolute atomic E-state index is 0.281. The predicted octanol–water partition coefficient (Wildman–Crippen LogP) is 1.75. The van der Waals surface area contributed by atoms with E-state index in [1.165, 1.54) is 12.8 Å². The van der Waals surface area contributed by atoms with Crippen LogP contribution in [0.2, 0.25) is 0 Å². The second-order valence-corrected chi connectivity index (χ2v) is 5.02. The smallest absolute Gasteiger partial charge is 0.223 e. The van der Waals surface area contributed by atoms with Crippen LogP contribution in [0.5, 0.6) is 0 Å². The molecule has 0 aliphatic heterocycles. The lowest BCUT2D eigenvalue weighted by molar-refractivity contribution is -0.126. The van der Waals surface area contributed by atoms with Gasteiger partial charge in [0.1, 0.15) is 0 Å². The highest BCUT2D eigenvalue weighted by atomic mass is 32.1. The molecule has 0 aromatic rings. The van der Waals surface area contributed by atoms with Crippen LogP contribution in [0.25, 0.3) is 0 Å². The predicted molar refractivity (Wildman–Crippen MR) is 55.9 cm³/mol. The Hall–Kier alpha value is -0.180. The van der Waals surface area contributed by atoms with Crippen molar-refractivity contribution in [1.82, 2.24) is 5.32 Å². The first-order valence-electron chi connectivity index (χ1n) is 5.24. The number of thiol groups is 1. The van der Waals surface area contributed by atoms with Gasteiger partial charge in [-0.05, 0) is 38.5 Å². The lowest BCUT2D eigenvalue weighted by atomic mass is 9.88. The Bertz CT molecular complexity index is 195. The highest BCUT2D eigenvalue weighted by molar-refractivity contribution is 7.80. The van der Waals surface area contributed by atoms with E-state index in [9.17, 15) is 4.79 Å². The zero-order valence-electron chi connectivity index (χ0n) is 7.83. The highest BCUT2D eigenvalue weighted by Crippen LogP contribution is 2.28. The summed E-state index contributed by atoms with van der Waals surface area (Å²) in [6.45, 7) is 0. The molecule has 2 fully saturated rings. The SMILES string of the molecule is O=C(NC1CC1)C1CCC(S)CC1. The third-order valence-corrected chi connectivity index (χ3v) is 3.51. The number of amides is 1.